The number of carbonyl (C=O) groups is 1. The van der Waals surface area contributed by atoms with Gasteiger partial charge >= 0.3 is 0 Å². The van der Waals surface area contributed by atoms with Crippen LogP contribution in [0.1, 0.15) is 50.5 Å². The Hall–Kier alpha value is -1.42. The Bertz CT molecular complexity index is 589. The number of aromatic nitrogens is 1. The Labute approximate surface area is 185 Å². The second kappa shape index (κ2) is 14.6. The fourth-order valence-corrected chi connectivity index (χ4v) is 3.02. The third kappa shape index (κ3) is 10.2. The summed E-state index contributed by atoms with van der Waals surface area (Å²) in [6.45, 7) is 4.05. The molecule has 1 heterocycles. The van der Waals surface area contributed by atoms with Crippen molar-refractivity contribution in [3.05, 3.63) is 23.9 Å². The van der Waals surface area contributed by atoms with E-state index in [0.717, 1.165) is 25.1 Å². The molecule has 1 aromatic rings. The highest BCUT2D eigenvalue weighted by atomic mass is 127. The molecule has 8 heteroatoms. The highest BCUT2D eigenvalue weighted by molar-refractivity contribution is 14.0. The lowest BCUT2D eigenvalue weighted by Gasteiger charge is -2.22. The molecule has 0 bridgehead atoms. The number of rotatable bonds is 9. The maximum Gasteiger partial charge on any atom is 0.227 e. The van der Waals surface area contributed by atoms with E-state index in [1.165, 1.54) is 32.1 Å². The molecular weight excluding hydrogens is 469 g/mol. The van der Waals surface area contributed by atoms with E-state index in [-0.39, 0.29) is 29.9 Å². The Balaban J connectivity index is 0.00000392. The first-order valence-corrected chi connectivity index (χ1v) is 9.96. The minimum Gasteiger partial charge on any atom is -0.378 e. The van der Waals surface area contributed by atoms with E-state index < -0.39 is 0 Å². The zero-order chi connectivity index (χ0) is 19.3. The fraction of sp³-hybridized carbons (Fsp3) is 0.650. The third-order valence-corrected chi connectivity index (χ3v) is 4.57. The summed E-state index contributed by atoms with van der Waals surface area (Å²) in [6, 6.07) is 3.72. The molecule has 158 valence electrons. The molecule has 2 rings (SSSR count). The van der Waals surface area contributed by atoms with Gasteiger partial charge in [-0.2, -0.15) is 0 Å². The second-order valence-electron chi connectivity index (χ2n) is 6.93. The van der Waals surface area contributed by atoms with E-state index in [1.54, 1.807) is 19.3 Å². The van der Waals surface area contributed by atoms with Crippen molar-refractivity contribution in [1.82, 2.24) is 15.6 Å². The van der Waals surface area contributed by atoms with Crippen LogP contribution in [0.4, 0.5) is 5.82 Å². The Morgan fingerprint density at radius 1 is 1.21 bits per heavy atom. The van der Waals surface area contributed by atoms with Crippen molar-refractivity contribution in [3.8, 4) is 0 Å². The van der Waals surface area contributed by atoms with Gasteiger partial charge in [0.2, 0.25) is 5.91 Å². The Kier molecular flexibility index (Phi) is 12.8. The van der Waals surface area contributed by atoms with Crippen molar-refractivity contribution in [2.75, 3.05) is 32.1 Å². The van der Waals surface area contributed by atoms with Gasteiger partial charge in [-0.1, -0.05) is 25.3 Å². The molecule has 3 N–H and O–H groups in total. The first-order chi connectivity index (χ1) is 13.2. The summed E-state index contributed by atoms with van der Waals surface area (Å²) in [7, 11) is 1.73. The molecule has 0 radical (unpaired) electrons. The quantitative estimate of drug-likeness (QED) is 0.209. The van der Waals surface area contributed by atoms with E-state index in [4.69, 9.17) is 4.74 Å². The minimum absolute atomic E-state index is 0. The monoisotopic (exact) mass is 503 g/mol. The lowest BCUT2D eigenvalue weighted by Crippen LogP contribution is -2.39. The first-order valence-electron chi connectivity index (χ1n) is 9.96. The van der Waals surface area contributed by atoms with Gasteiger partial charge in [-0.05, 0) is 37.8 Å². The molecule has 1 amide bonds. The number of pyridine rings is 1. The SMILES string of the molecule is CN=C(NCCCOC1CCCCC1)NCCC(=O)Nc1ccc(C)cn1.I. The number of hydrogen-bond acceptors (Lipinski definition) is 4. The van der Waals surface area contributed by atoms with Crippen LogP contribution in [-0.2, 0) is 9.53 Å². The van der Waals surface area contributed by atoms with Gasteiger partial charge in [0.05, 0.1) is 6.10 Å². The number of nitrogens with zero attached hydrogens (tertiary/aromatic N) is 2. The van der Waals surface area contributed by atoms with Crippen LogP contribution in [0.5, 0.6) is 0 Å². The number of aliphatic imine (C=N–C) groups is 1. The molecule has 1 aliphatic rings. The second-order valence-corrected chi connectivity index (χ2v) is 6.93. The third-order valence-electron chi connectivity index (χ3n) is 4.57. The predicted molar refractivity (Wildman–Crippen MR) is 124 cm³/mol. The van der Waals surface area contributed by atoms with Crippen molar-refractivity contribution >= 4 is 41.7 Å². The summed E-state index contributed by atoms with van der Waals surface area (Å²) in [6.07, 6.45) is 9.84. The van der Waals surface area contributed by atoms with Crippen LogP contribution in [0.15, 0.2) is 23.3 Å². The van der Waals surface area contributed by atoms with E-state index in [0.29, 0.717) is 30.8 Å². The summed E-state index contributed by atoms with van der Waals surface area (Å²) in [5.41, 5.74) is 1.06. The van der Waals surface area contributed by atoms with Gasteiger partial charge in [0.25, 0.3) is 0 Å². The van der Waals surface area contributed by atoms with Crippen LogP contribution in [0.2, 0.25) is 0 Å². The molecule has 1 aliphatic carbocycles. The van der Waals surface area contributed by atoms with Crippen molar-refractivity contribution < 1.29 is 9.53 Å². The lowest BCUT2D eigenvalue weighted by molar-refractivity contribution is -0.116. The number of nitrogens with one attached hydrogen (secondary N) is 3. The molecule has 1 saturated carbocycles. The van der Waals surface area contributed by atoms with Gasteiger partial charge in [0.1, 0.15) is 5.82 Å². The number of amides is 1. The van der Waals surface area contributed by atoms with Crippen molar-refractivity contribution in [2.45, 2.75) is 58.0 Å². The molecular formula is C20H34IN5O2. The smallest absolute Gasteiger partial charge is 0.227 e. The van der Waals surface area contributed by atoms with Crippen LogP contribution < -0.4 is 16.0 Å². The van der Waals surface area contributed by atoms with Gasteiger partial charge in [-0.25, -0.2) is 4.98 Å². The molecule has 1 fully saturated rings. The first kappa shape index (κ1) is 24.6. The number of halogens is 1. The van der Waals surface area contributed by atoms with Crippen molar-refractivity contribution in [1.29, 1.82) is 0 Å². The van der Waals surface area contributed by atoms with E-state index in [1.807, 2.05) is 13.0 Å². The van der Waals surface area contributed by atoms with Crippen molar-refractivity contribution in [3.63, 3.8) is 0 Å². The minimum atomic E-state index is -0.0739. The zero-order valence-corrected chi connectivity index (χ0v) is 19.3. The average molecular weight is 503 g/mol. The van der Waals surface area contributed by atoms with E-state index in [2.05, 4.69) is 25.9 Å². The zero-order valence-electron chi connectivity index (χ0n) is 17.0. The van der Waals surface area contributed by atoms with Crippen LogP contribution in [0, 0.1) is 6.92 Å². The number of anilines is 1. The predicted octanol–water partition coefficient (Wildman–Crippen LogP) is 3.24. The largest absolute Gasteiger partial charge is 0.378 e. The van der Waals surface area contributed by atoms with Gasteiger partial charge in [-0.15, -0.1) is 24.0 Å². The average Bonchev–Trinajstić information content (AvgIpc) is 2.69. The molecule has 0 atom stereocenters. The molecule has 7 nitrogen and oxygen atoms in total. The molecule has 0 saturated heterocycles. The lowest BCUT2D eigenvalue weighted by atomic mass is 9.98. The molecule has 0 unspecified atom stereocenters. The normalized spacial score (nSPS) is 14.9. The number of ether oxygens (including phenoxy) is 1. The molecule has 0 spiro atoms. The van der Waals surface area contributed by atoms with Crippen LogP contribution >= 0.6 is 24.0 Å². The van der Waals surface area contributed by atoms with E-state index in [9.17, 15) is 4.79 Å². The van der Waals surface area contributed by atoms with Gasteiger partial charge in [0.15, 0.2) is 5.96 Å². The van der Waals surface area contributed by atoms with Gasteiger partial charge < -0.3 is 20.7 Å². The van der Waals surface area contributed by atoms with Gasteiger partial charge in [0, 0.05) is 39.4 Å². The number of guanidine groups is 1. The highest BCUT2D eigenvalue weighted by Gasteiger charge is 2.13. The molecule has 0 aliphatic heterocycles. The Morgan fingerprint density at radius 3 is 2.64 bits per heavy atom. The molecule has 0 aromatic carbocycles. The van der Waals surface area contributed by atoms with E-state index >= 15 is 0 Å². The standard InChI is InChI=1S/C20H33N5O2.HI/c1-16-9-10-18(24-15-16)25-19(26)11-13-23-20(21-2)22-12-6-14-27-17-7-4-3-5-8-17;/h9-10,15,17H,3-8,11-14H2,1-2H3,(H2,21,22,23)(H,24,25,26);1H. The highest BCUT2D eigenvalue weighted by Crippen LogP contribution is 2.20. The Morgan fingerprint density at radius 2 is 1.96 bits per heavy atom. The maximum absolute atomic E-state index is 11.9. The summed E-state index contributed by atoms with van der Waals surface area (Å²) in [5.74, 6) is 1.20. The van der Waals surface area contributed by atoms with Crippen LogP contribution in [0.3, 0.4) is 0 Å². The maximum atomic E-state index is 11.9. The summed E-state index contributed by atoms with van der Waals surface area (Å²) in [5, 5.41) is 9.19. The van der Waals surface area contributed by atoms with Crippen molar-refractivity contribution in [2.24, 2.45) is 4.99 Å². The number of aryl methyl sites for hydroxylation is 1. The molecule has 28 heavy (non-hydrogen) atoms. The number of hydrogen-bond donors (Lipinski definition) is 3. The summed E-state index contributed by atoms with van der Waals surface area (Å²) in [4.78, 5) is 20.3. The van der Waals surface area contributed by atoms with Crippen LogP contribution in [-0.4, -0.2) is 49.7 Å². The topological polar surface area (TPSA) is 87.6 Å². The fourth-order valence-electron chi connectivity index (χ4n) is 3.02. The number of carbonyl (C=O) groups excluding carboxylic acids is 1. The van der Waals surface area contributed by atoms with Crippen LogP contribution in [0.25, 0.3) is 0 Å². The van der Waals surface area contributed by atoms with Gasteiger partial charge in [-0.3, -0.25) is 9.79 Å². The summed E-state index contributed by atoms with van der Waals surface area (Å²) < 4.78 is 5.92. The summed E-state index contributed by atoms with van der Waals surface area (Å²) >= 11 is 0. The molecule has 1 aromatic heterocycles.